The van der Waals surface area contributed by atoms with Crippen LogP contribution in [0.2, 0.25) is 0 Å². The van der Waals surface area contributed by atoms with Gasteiger partial charge in [-0.3, -0.25) is 15.0 Å². The number of hydrogen-bond donors (Lipinski definition) is 2. The summed E-state index contributed by atoms with van der Waals surface area (Å²) in [6.07, 6.45) is 3.00. The predicted octanol–water partition coefficient (Wildman–Crippen LogP) is 2.90. The SMILES string of the molecule is COC(=O)c1ccc(CN2CCC(C3(CCc4ccccc4)NC(=O)NC3=O)CC2)cc1. The molecule has 0 spiro atoms. The molecule has 7 nitrogen and oxygen atoms in total. The predicted molar refractivity (Wildman–Crippen MR) is 120 cm³/mol. The molecule has 0 radical (unpaired) electrons. The van der Waals surface area contributed by atoms with Gasteiger partial charge in [-0.15, -0.1) is 0 Å². The summed E-state index contributed by atoms with van der Waals surface area (Å²) >= 11 is 0. The van der Waals surface area contributed by atoms with Crippen LogP contribution in [-0.4, -0.2) is 48.5 Å². The van der Waals surface area contributed by atoms with E-state index in [1.165, 1.54) is 7.11 Å². The molecule has 2 aliphatic rings. The summed E-state index contributed by atoms with van der Waals surface area (Å²) < 4.78 is 4.75. The van der Waals surface area contributed by atoms with Crippen molar-refractivity contribution in [2.24, 2.45) is 5.92 Å². The first-order chi connectivity index (χ1) is 15.5. The number of urea groups is 1. The first-order valence-electron chi connectivity index (χ1n) is 11.1. The van der Waals surface area contributed by atoms with E-state index < -0.39 is 11.6 Å². The first-order valence-corrected chi connectivity index (χ1v) is 11.1. The van der Waals surface area contributed by atoms with E-state index in [0.717, 1.165) is 50.0 Å². The van der Waals surface area contributed by atoms with Crippen molar-refractivity contribution in [1.29, 1.82) is 0 Å². The zero-order valence-electron chi connectivity index (χ0n) is 18.3. The van der Waals surface area contributed by atoms with Crippen molar-refractivity contribution < 1.29 is 19.1 Å². The maximum Gasteiger partial charge on any atom is 0.337 e. The van der Waals surface area contributed by atoms with Crippen LogP contribution in [0, 0.1) is 5.92 Å². The zero-order chi connectivity index (χ0) is 22.6. The summed E-state index contributed by atoms with van der Waals surface area (Å²) in [5.41, 5.74) is 1.98. The minimum Gasteiger partial charge on any atom is -0.465 e. The number of amides is 3. The molecular weight excluding hydrogens is 406 g/mol. The Bertz CT molecular complexity index is 968. The highest BCUT2D eigenvalue weighted by Crippen LogP contribution is 2.35. The largest absolute Gasteiger partial charge is 0.465 e. The summed E-state index contributed by atoms with van der Waals surface area (Å²) in [6, 6.07) is 17.1. The molecule has 0 aliphatic carbocycles. The molecule has 7 heteroatoms. The van der Waals surface area contributed by atoms with E-state index in [9.17, 15) is 14.4 Å². The van der Waals surface area contributed by atoms with Crippen molar-refractivity contribution in [1.82, 2.24) is 15.5 Å². The number of likely N-dealkylation sites (tertiary alicyclic amines) is 1. The Morgan fingerprint density at radius 3 is 2.31 bits per heavy atom. The third-order valence-electron chi connectivity index (χ3n) is 6.69. The van der Waals surface area contributed by atoms with Crippen LogP contribution >= 0.6 is 0 Å². The van der Waals surface area contributed by atoms with Gasteiger partial charge in [0.05, 0.1) is 12.7 Å². The van der Waals surface area contributed by atoms with Gasteiger partial charge in [-0.2, -0.15) is 0 Å². The van der Waals surface area contributed by atoms with Gasteiger partial charge in [-0.05, 0) is 68.0 Å². The summed E-state index contributed by atoms with van der Waals surface area (Å²) in [6.45, 7) is 2.48. The number of hydrogen-bond acceptors (Lipinski definition) is 5. The molecule has 2 saturated heterocycles. The van der Waals surface area contributed by atoms with Crippen molar-refractivity contribution in [2.45, 2.75) is 37.8 Å². The van der Waals surface area contributed by atoms with Gasteiger partial charge < -0.3 is 10.1 Å². The molecule has 1 unspecified atom stereocenters. The monoisotopic (exact) mass is 435 g/mol. The summed E-state index contributed by atoms with van der Waals surface area (Å²) in [5, 5.41) is 5.45. The number of carbonyl (C=O) groups excluding carboxylic acids is 3. The Labute approximate surface area is 188 Å². The number of aryl methyl sites for hydroxylation is 1. The smallest absolute Gasteiger partial charge is 0.337 e. The van der Waals surface area contributed by atoms with Crippen LogP contribution in [0.15, 0.2) is 54.6 Å². The third kappa shape index (κ3) is 4.67. The van der Waals surface area contributed by atoms with Crippen molar-refractivity contribution in [3.63, 3.8) is 0 Å². The van der Waals surface area contributed by atoms with Crippen molar-refractivity contribution in [3.05, 3.63) is 71.3 Å². The number of methoxy groups -OCH3 is 1. The fourth-order valence-corrected chi connectivity index (χ4v) is 4.87. The molecule has 2 aromatic carbocycles. The lowest BCUT2D eigenvalue weighted by Crippen LogP contribution is -2.56. The minimum atomic E-state index is -0.846. The lowest BCUT2D eigenvalue weighted by molar-refractivity contribution is -0.127. The highest BCUT2D eigenvalue weighted by molar-refractivity contribution is 6.07. The molecule has 2 fully saturated rings. The second-order valence-corrected chi connectivity index (χ2v) is 8.60. The van der Waals surface area contributed by atoms with E-state index in [4.69, 9.17) is 4.74 Å². The van der Waals surface area contributed by atoms with E-state index in [2.05, 4.69) is 27.7 Å². The zero-order valence-corrected chi connectivity index (χ0v) is 18.3. The lowest BCUT2D eigenvalue weighted by Gasteiger charge is -2.40. The molecule has 2 N–H and O–H groups in total. The minimum absolute atomic E-state index is 0.0932. The molecule has 0 aromatic heterocycles. The van der Waals surface area contributed by atoms with Crippen LogP contribution in [0.25, 0.3) is 0 Å². The fourth-order valence-electron chi connectivity index (χ4n) is 4.87. The van der Waals surface area contributed by atoms with Crippen LogP contribution in [-0.2, 0) is 22.5 Å². The maximum absolute atomic E-state index is 12.9. The molecular formula is C25H29N3O4. The molecule has 1 atom stereocenters. The number of benzene rings is 2. The van der Waals surface area contributed by atoms with Gasteiger partial charge in [0.1, 0.15) is 5.54 Å². The standard InChI is InChI=1S/C25H29N3O4/c1-32-22(29)20-9-7-19(8-10-20)17-28-15-12-21(13-16-28)25(23(30)26-24(31)27-25)14-11-18-5-3-2-4-6-18/h2-10,21H,11-17H2,1H3,(H2,26,27,30,31). The molecule has 0 saturated carbocycles. The number of piperidine rings is 1. The molecule has 32 heavy (non-hydrogen) atoms. The van der Waals surface area contributed by atoms with Crippen LogP contribution in [0.4, 0.5) is 4.79 Å². The molecule has 0 bridgehead atoms. The summed E-state index contributed by atoms with van der Waals surface area (Å²) in [7, 11) is 1.38. The average molecular weight is 436 g/mol. The number of rotatable bonds is 7. The van der Waals surface area contributed by atoms with Gasteiger partial charge in [0.15, 0.2) is 0 Å². The van der Waals surface area contributed by atoms with Gasteiger partial charge in [0.2, 0.25) is 0 Å². The van der Waals surface area contributed by atoms with Crippen LogP contribution < -0.4 is 10.6 Å². The van der Waals surface area contributed by atoms with Crippen LogP contribution in [0.1, 0.15) is 40.7 Å². The van der Waals surface area contributed by atoms with Crippen molar-refractivity contribution in [2.75, 3.05) is 20.2 Å². The van der Waals surface area contributed by atoms with Gasteiger partial charge in [0, 0.05) is 6.54 Å². The van der Waals surface area contributed by atoms with Crippen LogP contribution in [0.3, 0.4) is 0 Å². The molecule has 3 amide bonds. The van der Waals surface area contributed by atoms with Gasteiger partial charge in [0.25, 0.3) is 5.91 Å². The fraction of sp³-hybridized carbons (Fsp3) is 0.400. The van der Waals surface area contributed by atoms with Gasteiger partial charge in [-0.1, -0.05) is 42.5 Å². The highest BCUT2D eigenvalue weighted by Gasteiger charge is 2.51. The van der Waals surface area contributed by atoms with Crippen molar-refractivity contribution >= 4 is 17.9 Å². The Kier molecular flexibility index (Phi) is 6.55. The Morgan fingerprint density at radius 2 is 1.72 bits per heavy atom. The maximum atomic E-state index is 12.9. The molecule has 2 aliphatic heterocycles. The normalized spacial score (nSPS) is 21.8. The molecule has 4 rings (SSSR count). The van der Waals surface area contributed by atoms with E-state index >= 15 is 0 Å². The van der Waals surface area contributed by atoms with Crippen LogP contribution in [0.5, 0.6) is 0 Å². The number of nitrogens with one attached hydrogen (secondary N) is 2. The second-order valence-electron chi connectivity index (χ2n) is 8.60. The van der Waals surface area contributed by atoms with Gasteiger partial charge >= 0.3 is 12.0 Å². The third-order valence-corrected chi connectivity index (χ3v) is 6.69. The average Bonchev–Trinajstić information content (AvgIpc) is 3.12. The Morgan fingerprint density at radius 1 is 1.03 bits per heavy atom. The van der Waals surface area contributed by atoms with E-state index in [1.807, 2.05) is 30.3 Å². The van der Waals surface area contributed by atoms with E-state index in [1.54, 1.807) is 12.1 Å². The summed E-state index contributed by atoms with van der Waals surface area (Å²) in [4.78, 5) is 38.9. The Balaban J connectivity index is 1.38. The molecule has 168 valence electrons. The molecule has 2 heterocycles. The quantitative estimate of drug-likeness (QED) is 0.516. The second kappa shape index (κ2) is 9.53. The first kappa shape index (κ1) is 22.0. The number of esters is 1. The topological polar surface area (TPSA) is 87.7 Å². The van der Waals surface area contributed by atoms with E-state index in [0.29, 0.717) is 12.0 Å². The molecule has 2 aromatic rings. The lowest BCUT2D eigenvalue weighted by atomic mass is 9.74. The Hall–Kier alpha value is -3.19. The van der Waals surface area contributed by atoms with Crippen molar-refractivity contribution in [3.8, 4) is 0 Å². The van der Waals surface area contributed by atoms with Gasteiger partial charge in [-0.25, -0.2) is 9.59 Å². The number of carbonyl (C=O) groups is 3. The summed E-state index contributed by atoms with van der Waals surface area (Å²) in [5.74, 6) is -0.444. The number of ether oxygens (including phenoxy) is 1. The highest BCUT2D eigenvalue weighted by atomic mass is 16.5. The van der Waals surface area contributed by atoms with E-state index in [-0.39, 0.29) is 17.8 Å². The number of nitrogens with zero attached hydrogens (tertiary/aromatic N) is 1. The number of imide groups is 1.